The molecule has 3 aliphatic rings. The minimum Gasteiger partial charge on any atom is -1.00 e. The zero-order valence-electron chi connectivity index (χ0n) is 15.5. The van der Waals surface area contributed by atoms with Gasteiger partial charge in [-0.25, -0.2) is 0 Å². The van der Waals surface area contributed by atoms with Crippen LogP contribution in [-0.4, -0.2) is 5.78 Å². The van der Waals surface area contributed by atoms with E-state index >= 15 is 0 Å². The van der Waals surface area contributed by atoms with Crippen LogP contribution in [0.25, 0.3) is 0 Å². The van der Waals surface area contributed by atoms with Crippen LogP contribution >= 0.6 is 0 Å². The summed E-state index contributed by atoms with van der Waals surface area (Å²) in [6.07, 6.45) is 16.5. The monoisotopic (exact) mass is 453 g/mol. The van der Waals surface area contributed by atoms with Crippen molar-refractivity contribution in [1.29, 1.82) is 0 Å². The molecule has 4 rings (SSSR count). The summed E-state index contributed by atoms with van der Waals surface area (Å²) in [7, 11) is 0. The van der Waals surface area contributed by atoms with Gasteiger partial charge in [0.2, 0.25) is 12.3 Å². The van der Waals surface area contributed by atoms with E-state index in [1.807, 2.05) is 12.3 Å². The van der Waals surface area contributed by atoms with Crippen LogP contribution in [0.5, 0.6) is 0 Å². The number of carbonyl (C=O) groups excluding carboxylic acids is 1. The molecule has 25 heavy (non-hydrogen) atoms. The van der Waals surface area contributed by atoms with Gasteiger partial charge < -0.3 is 24.0 Å². The number of fused-ring (bicyclic) bond motifs is 2. The molecule has 2 nitrogen and oxygen atoms in total. The average Bonchev–Trinajstić information content (AvgIpc) is 2.59. The number of aryl methyl sites for hydroxylation is 1. The van der Waals surface area contributed by atoms with Crippen molar-refractivity contribution in [2.24, 2.45) is 29.6 Å². The van der Waals surface area contributed by atoms with Gasteiger partial charge in [-0.15, -0.1) is 0 Å². The third-order valence-corrected chi connectivity index (χ3v) is 7.22. The van der Waals surface area contributed by atoms with Gasteiger partial charge in [-0.3, -0.25) is 4.79 Å². The summed E-state index contributed by atoms with van der Waals surface area (Å²) in [5, 5.41) is 0. The van der Waals surface area contributed by atoms with Crippen molar-refractivity contribution in [3.8, 4) is 0 Å². The lowest BCUT2D eigenvalue weighted by atomic mass is 9.58. The number of carbonyl (C=O) groups is 1. The van der Waals surface area contributed by atoms with Crippen LogP contribution in [0.4, 0.5) is 0 Å². The summed E-state index contributed by atoms with van der Waals surface area (Å²) in [5.74, 6) is 4.57. The van der Waals surface area contributed by atoms with Gasteiger partial charge in [-0.05, 0) is 68.8 Å². The number of pyridine rings is 1. The maximum absolute atomic E-state index is 12.8. The molecule has 3 fully saturated rings. The largest absolute Gasteiger partial charge is 1.00 e. The second kappa shape index (κ2) is 8.49. The average molecular weight is 453 g/mol. The normalized spacial score (nSPS) is 34.4. The van der Waals surface area contributed by atoms with E-state index in [1.165, 1.54) is 56.9 Å². The SMILES string of the molecule is Cc1ccc[n+](CC(=O)C2CCC3CC4CCCCC4CC3C2)c1.[I-]. The van der Waals surface area contributed by atoms with E-state index in [9.17, 15) is 4.79 Å². The molecule has 1 heterocycles. The van der Waals surface area contributed by atoms with Crippen LogP contribution in [0.2, 0.25) is 0 Å². The van der Waals surface area contributed by atoms with E-state index in [4.69, 9.17) is 0 Å². The molecule has 1 aromatic rings. The van der Waals surface area contributed by atoms with Gasteiger partial charge in [0.25, 0.3) is 0 Å². The van der Waals surface area contributed by atoms with Crippen molar-refractivity contribution in [2.75, 3.05) is 0 Å². The van der Waals surface area contributed by atoms with Crippen molar-refractivity contribution >= 4 is 5.78 Å². The van der Waals surface area contributed by atoms with Crippen LogP contribution in [-0.2, 0) is 11.3 Å². The molecule has 0 radical (unpaired) electrons. The lowest BCUT2D eigenvalue weighted by Gasteiger charge is -2.47. The van der Waals surface area contributed by atoms with Gasteiger partial charge in [-0.2, -0.15) is 4.57 Å². The predicted octanol–water partition coefficient (Wildman–Crippen LogP) is 1.49. The summed E-state index contributed by atoms with van der Waals surface area (Å²) in [5.41, 5.74) is 1.23. The van der Waals surface area contributed by atoms with Crippen molar-refractivity contribution < 1.29 is 33.3 Å². The molecule has 0 aliphatic heterocycles. The molecule has 3 heteroatoms. The van der Waals surface area contributed by atoms with E-state index in [-0.39, 0.29) is 24.0 Å². The van der Waals surface area contributed by atoms with Crippen LogP contribution in [0.1, 0.15) is 63.4 Å². The molecule has 5 atom stereocenters. The molecule has 0 bridgehead atoms. The Bertz CT molecular complexity index is 601. The highest BCUT2D eigenvalue weighted by Gasteiger charge is 2.42. The molecule has 138 valence electrons. The van der Waals surface area contributed by atoms with Crippen LogP contribution in [0, 0.1) is 36.5 Å². The smallest absolute Gasteiger partial charge is 0.206 e. The third-order valence-electron chi connectivity index (χ3n) is 7.22. The highest BCUT2D eigenvalue weighted by molar-refractivity contribution is 5.79. The predicted molar refractivity (Wildman–Crippen MR) is 95.4 cm³/mol. The van der Waals surface area contributed by atoms with Crippen molar-refractivity contribution in [1.82, 2.24) is 0 Å². The number of hydrogen-bond acceptors (Lipinski definition) is 1. The first-order valence-corrected chi connectivity index (χ1v) is 10.2. The fourth-order valence-corrected chi connectivity index (χ4v) is 5.96. The lowest BCUT2D eigenvalue weighted by molar-refractivity contribution is -0.684. The van der Waals surface area contributed by atoms with E-state index in [0.29, 0.717) is 18.2 Å². The van der Waals surface area contributed by atoms with E-state index in [2.05, 4.69) is 23.8 Å². The van der Waals surface area contributed by atoms with Gasteiger partial charge in [0, 0.05) is 17.5 Å². The molecular weight excluding hydrogens is 421 g/mol. The minimum atomic E-state index is 0. The second-order valence-corrected chi connectivity index (χ2v) is 8.83. The Balaban J connectivity index is 0.00000182. The number of hydrogen-bond donors (Lipinski definition) is 0. The van der Waals surface area contributed by atoms with E-state index in [1.54, 1.807) is 0 Å². The summed E-state index contributed by atoms with van der Waals surface area (Å²) in [4.78, 5) is 12.8. The molecule has 5 unspecified atom stereocenters. The molecule has 3 aliphatic carbocycles. The molecule has 0 aromatic carbocycles. The van der Waals surface area contributed by atoms with Crippen LogP contribution in [0.3, 0.4) is 0 Å². The third kappa shape index (κ3) is 4.45. The fourth-order valence-electron chi connectivity index (χ4n) is 5.96. The van der Waals surface area contributed by atoms with Crippen molar-refractivity contribution in [3.05, 3.63) is 30.1 Å². The molecule has 3 saturated carbocycles. The first kappa shape index (κ1) is 19.3. The number of ketones is 1. The number of aromatic nitrogens is 1. The second-order valence-electron chi connectivity index (χ2n) is 8.83. The molecular formula is C22H32INO. The Hall–Kier alpha value is -0.450. The molecule has 0 spiro atoms. The summed E-state index contributed by atoms with van der Waals surface area (Å²) >= 11 is 0. The summed E-state index contributed by atoms with van der Waals surface area (Å²) in [6, 6.07) is 4.14. The Labute approximate surface area is 169 Å². The number of halogens is 1. The van der Waals surface area contributed by atoms with Gasteiger partial charge >= 0.3 is 0 Å². The zero-order chi connectivity index (χ0) is 16.5. The molecule has 0 N–H and O–H groups in total. The van der Waals surface area contributed by atoms with Crippen molar-refractivity contribution in [2.45, 2.75) is 71.3 Å². The Morgan fingerprint density at radius 3 is 2.40 bits per heavy atom. The van der Waals surface area contributed by atoms with Gasteiger partial charge in [0.05, 0.1) is 0 Å². The van der Waals surface area contributed by atoms with E-state index in [0.717, 1.165) is 30.1 Å². The maximum atomic E-state index is 12.8. The van der Waals surface area contributed by atoms with Gasteiger partial charge in [-0.1, -0.05) is 25.7 Å². The molecule has 1 aromatic heterocycles. The Kier molecular flexibility index (Phi) is 6.56. The topological polar surface area (TPSA) is 20.9 Å². The number of Topliss-reactive ketones (excluding diaryl/α,β-unsaturated/α-hetero) is 1. The van der Waals surface area contributed by atoms with Crippen molar-refractivity contribution in [3.63, 3.8) is 0 Å². The minimum absolute atomic E-state index is 0. The quantitative estimate of drug-likeness (QED) is 0.502. The van der Waals surface area contributed by atoms with Crippen LogP contribution < -0.4 is 28.5 Å². The standard InChI is InChI=1S/C22H32NO.HI/c1-16-5-4-10-23(14-16)15-22(24)20-9-8-19-11-17-6-2-3-7-18(17)12-21(19)13-20;/h4-5,10,14,17-21H,2-3,6-9,11-13,15H2,1H3;1H/q+1;/p-1. The highest BCUT2D eigenvalue weighted by atomic mass is 127. The summed E-state index contributed by atoms with van der Waals surface area (Å²) < 4.78 is 2.07. The first-order chi connectivity index (χ1) is 11.7. The Morgan fingerprint density at radius 1 is 1.00 bits per heavy atom. The molecule has 0 saturated heterocycles. The Morgan fingerprint density at radius 2 is 1.68 bits per heavy atom. The lowest BCUT2D eigenvalue weighted by Crippen LogP contribution is -3.00. The van der Waals surface area contributed by atoms with Gasteiger partial charge in [0.15, 0.2) is 12.4 Å². The number of rotatable bonds is 3. The van der Waals surface area contributed by atoms with E-state index < -0.39 is 0 Å². The highest BCUT2D eigenvalue weighted by Crippen LogP contribution is 2.51. The van der Waals surface area contributed by atoms with Crippen LogP contribution in [0.15, 0.2) is 24.5 Å². The zero-order valence-corrected chi connectivity index (χ0v) is 17.7. The fraction of sp³-hybridized carbons (Fsp3) is 0.727. The summed E-state index contributed by atoms with van der Waals surface area (Å²) in [6.45, 7) is 2.66. The van der Waals surface area contributed by atoms with Gasteiger partial charge in [0.1, 0.15) is 0 Å². The number of nitrogens with zero attached hydrogens (tertiary/aromatic N) is 1. The molecule has 0 amide bonds. The maximum Gasteiger partial charge on any atom is 0.206 e. The first-order valence-electron chi connectivity index (χ1n) is 10.2.